The van der Waals surface area contributed by atoms with Crippen LogP contribution in [0.4, 0.5) is 0 Å². The molecule has 1 atom stereocenters. The molecule has 2 heterocycles. The first-order valence-corrected chi connectivity index (χ1v) is 8.55. The number of benzene rings is 1. The molecule has 1 N–H and O–H groups in total. The van der Waals surface area contributed by atoms with Crippen LogP contribution in [-0.2, 0) is 4.79 Å². The Morgan fingerprint density at radius 2 is 2.12 bits per heavy atom. The number of carbonyl (C=O) groups excluding carboxylic acids is 1. The summed E-state index contributed by atoms with van der Waals surface area (Å²) in [5.41, 5.74) is 1.41. The number of hydrogen-bond donors (Lipinski definition) is 1. The first kappa shape index (κ1) is 16.2. The molecular formula is C17H15N3O3S. The third kappa shape index (κ3) is 3.32. The SMILES string of the molecule is N#CCCCSC1=C(C#N)[C@H](c2ccc3c(c2)OCO3)CC(=O)N1. The van der Waals surface area contributed by atoms with Crippen molar-refractivity contribution in [2.24, 2.45) is 0 Å². The largest absolute Gasteiger partial charge is 0.454 e. The van der Waals surface area contributed by atoms with Crippen molar-refractivity contribution in [2.75, 3.05) is 12.5 Å². The van der Waals surface area contributed by atoms with Crippen LogP contribution in [-0.4, -0.2) is 18.5 Å². The van der Waals surface area contributed by atoms with E-state index in [9.17, 15) is 10.1 Å². The minimum Gasteiger partial charge on any atom is -0.454 e. The van der Waals surface area contributed by atoms with E-state index in [1.54, 1.807) is 6.07 Å². The zero-order valence-electron chi connectivity index (χ0n) is 12.9. The van der Waals surface area contributed by atoms with E-state index in [-0.39, 0.29) is 25.0 Å². The molecule has 0 aromatic heterocycles. The molecule has 1 aromatic carbocycles. The van der Waals surface area contributed by atoms with Crippen LogP contribution in [0.2, 0.25) is 0 Å². The molecule has 0 radical (unpaired) electrons. The topological polar surface area (TPSA) is 95.1 Å². The summed E-state index contributed by atoms with van der Waals surface area (Å²) >= 11 is 1.42. The van der Waals surface area contributed by atoms with Gasteiger partial charge in [-0.15, -0.1) is 11.8 Å². The molecule has 7 heteroatoms. The fraction of sp³-hybridized carbons (Fsp3) is 0.353. The number of rotatable bonds is 5. The van der Waals surface area contributed by atoms with E-state index in [4.69, 9.17) is 14.7 Å². The number of nitriles is 2. The van der Waals surface area contributed by atoms with Gasteiger partial charge in [0.15, 0.2) is 11.5 Å². The van der Waals surface area contributed by atoms with E-state index >= 15 is 0 Å². The van der Waals surface area contributed by atoms with Crippen molar-refractivity contribution < 1.29 is 14.3 Å². The average Bonchev–Trinajstić information content (AvgIpc) is 3.06. The van der Waals surface area contributed by atoms with Gasteiger partial charge >= 0.3 is 0 Å². The zero-order valence-corrected chi connectivity index (χ0v) is 13.7. The Hall–Kier alpha value is -2.64. The van der Waals surface area contributed by atoms with E-state index in [0.29, 0.717) is 40.7 Å². The number of carbonyl (C=O) groups is 1. The Kier molecular flexibility index (Phi) is 4.93. The Morgan fingerprint density at radius 3 is 2.92 bits per heavy atom. The van der Waals surface area contributed by atoms with Crippen molar-refractivity contribution in [1.29, 1.82) is 10.5 Å². The molecule has 1 amide bonds. The van der Waals surface area contributed by atoms with E-state index < -0.39 is 0 Å². The minimum absolute atomic E-state index is 0.112. The minimum atomic E-state index is -0.295. The maximum absolute atomic E-state index is 12.1. The number of thioether (sulfide) groups is 1. The molecule has 0 spiro atoms. The van der Waals surface area contributed by atoms with E-state index in [0.717, 1.165) is 5.56 Å². The van der Waals surface area contributed by atoms with Crippen LogP contribution in [0.15, 0.2) is 28.8 Å². The fourth-order valence-electron chi connectivity index (χ4n) is 2.67. The monoisotopic (exact) mass is 341 g/mol. The fourth-order valence-corrected chi connectivity index (χ4v) is 3.70. The molecule has 24 heavy (non-hydrogen) atoms. The molecule has 0 unspecified atom stereocenters. The first-order chi connectivity index (χ1) is 11.7. The van der Waals surface area contributed by atoms with Gasteiger partial charge in [0.05, 0.1) is 22.7 Å². The van der Waals surface area contributed by atoms with Gasteiger partial charge < -0.3 is 14.8 Å². The lowest BCUT2D eigenvalue weighted by atomic mass is 9.87. The summed E-state index contributed by atoms with van der Waals surface area (Å²) in [7, 11) is 0. The van der Waals surface area contributed by atoms with Crippen molar-refractivity contribution in [3.8, 4) is 23.6 Å². The number of amides is 1. The van der Waals surface area contributed by atoms with Gasteiger partial charge in [0.25, 0.3) is 0 Å². The second kappa shape index (κ2) is 7.29. The van der Waals surface area contributed by atoms with E-state index in [1.165, 1.54) is 11.8 Å². The lowest BCUT2D eigenvalue weighted by Gasteiger charge is -2.25. The molecule has 0 fully saturated rings. The summed E-state index contributed by atoms with van der Waals surface area (Å²) in [6.45, 7) is 0.185. The third-order valence-corrected chi connectivity index (χ3v) is 4.94. The molecule has 3 rings (SSSR count). The molecule has 0 saturated heterocycles. The Morgan fingerprint density at radius 1 is 1.29 bits per heavy atom. The van der Waals surface area contributed by atoms with Crippen LogP contribution in [0.25, 0.3) is 0 Å². The lowest BCUT2D eigenvalue weighted by Crippen LogP contribution is -2.30. The third-order valence-electron chi connectivity index (χ3n) is 3.83. The van der Waals surface area contributed by atoms with Gasteiger partial charge in [0.1, 0.15) is 0 Å². The van der Waals surface area contributed by atoms with Crippen LogP contribution in [0.5, 0.6) is 11.5 Å². The van der Waals surface area contributed by atoms with Gasteiger partial charge in [-0.1, -0.05) is 6.07 Å². The summed E-state index contributed by atoms with van der Waals surface area (Å²) < 4.78 is 10.7. The quantitative estimate of drug-likeness (QED) is 0.828. The molecule has 0 aliphatic carbocycles. The van der Waals surface area contributed by atoms with Gasteiger partial charge in [-0.2, -0.15) is 10.5 Å². The van der Waals surface area contributed by atoms with Crippen LogP contribution < -0.4 is 14.8 Å². The van der Waals surface area contributed by atoms with Crippen LogP contribution in [0, 0.1) is 22.7 Å². The molecular weight excluding hydrogens is 326 g/mol. The number of nitrogens with zero attached hydrogens (tertiary/aromatic N) is 2. The number of hydrogen-bond acceptors (Lipinski definition) is 6. The second-order valence-electron chi connectivity index (χ2n) is 5.38. The standard InChI is InChI=1S/C17H15N3O3S/c18-5-1-2-6-24-17-13(9-19)12(8-16(21)20-17)11-3-4-14-15(7-11)23-10-22-14/h3-4,7,12H,1-2,6,8,10H2,(H,20,21)/t12-/m0/s1. The van der Waals surface area contributed by atoms with Crippen molar-refractivity contribution >= 4 is 17.7 Å². The predicted octanol–water partition coefficient (Wildman–Crippen LogP) is 2.79. The highest BCUT2D eigenvalue weighted by Crippen LogP contribution is 2.40. The zero-order chi connectivity index (χ0) is 16.9. The summed E-state index contributed by atoms with van der Waals surface area (Å²) in [4.78, 5) is 12.1. The molecule has 2 aliphatic rings. The van der Waals surface area contributed by atoms with E-state index in [2.05, 4.69) is 17.5 Å². The van der Waals surface area contributed by atoms with Crippen LogP contribution in [0.1, 0.15) is 30.7 Å². The van der Waals surface area contributed by atoms with Gasteiger partial charge in [-0.25, -0.2) is 0 Å². The lowest BCUT2D eigenvalue weighted by molar-refractivity contribution is -0.120. The highest BCUT2D eigenvalue weighted by Gasteiger charge is 2.30. The molecule has 0 bridgehead atoms. The second-order valence-corrected chi connectivity index (χ2v) is 6.49. The maximum atomic E-state index is 12.1. The smallest absolute Gasteiger partial charge is 0.231 e. The van der Waals surface area contributed by atoms with Gasteiger partial charge in [-0.05, 0) is 24.1 Å². The van der Waals surface area contributed by atoms with Crippen LogP contribution >= 0.6 is 11.8 Å². The Bertz CT molecular complexity index is 776. The average molecular weight is 341 g/mol. The number of ether oxygens (including phenoxy) is 2. The Labute approximate surface area is 144 Å². The van der Waals surface area contributed by atoms with Gasteiger partial charge in [0.2, 0.25) is 12.7 Å². The highest BCUT2D eigenvalue weighted by atomic mass is 32.2. The van der Waals surface area contributed by atoms with Crippen LogP contribution in [0.3, 0.4) is 0 Å². The molecule has 0 saturated carbocycles. The summed E-state index contributed by atoms with van der Waals surface area (Å²) in [5.74, 6) is 1.59. The summed E-state index contributed by atoms with van der Waals surface area (Å²) in [5, 5.41) is 21.6. The van der Waals surface area contributed by atoms with Crippen molar-refractivity contribution in [2.45, 2.75) is 25.2 Å². The number of unbranched alkanes of at least 4 members (excludes halogenated alkanes) is 1. The van der Waals surface area contributed by atoms with E-state index in [1.807, 2.05) is 12.1 Å². The predicted molar refractivity (Wildman–Crippen MR) is 88.0 cm³/mol. The van der Waals surface area contributed by atoms with Crippen molar-refractivity contribution in [1.82, 2.24) is 5.32 Å². The summed E-state index contributed by atoms with van der Waals surface area (Å²) in [6.07, 6.45) is 1.40. The summed E-state index contributed by atoms with van der Waals surface area (Å²) in [6, 6.07) is 9.84. The molecule has 1 aromatic rings. The Balaban J connectivity index is 1.87. The van der Waals surface area contributed by atoms with Crippen molar-refractivity contribution in [3.05, 3.63) is 34.4 Å². The number of allylic oxidation sites excluding steroid dienone is 1. The van der Waals surface area contributed by atoms with Crippen molar-refractivity contribution in [3.63, 3.8) is 0 Å². The number of nitrogens with one attached hydrogen (secondary N) is 1. The van der Waals surface area contributed by atoms with Gasteiger partial charge in [0, 0.05) is 24.5 Å². The molecule has 2 aliphatic heterocycles. The highest BCUT2D eigenvalue weighted by molar-refractivity contribution is 8.03. The van der Waals surface area contributed by atoms with Gasteiger partial charge in [-0.3, -0.25) is 4.79 Å². The first-order valence-electron chi connectivity index (χ1n) is 7.56. The molecule has 6 nitrogen and oxygen atoms in total. The maximum Gasteiger partial charge on any atom is 0.231 e. The normalized spacial score (nSPS) is 18.8. The number of fused-ring (bicyclic) bond motifs is 1. The molecule has 122 valence electrons.